The van der Waals surface area contributed by atoms with Gasteiger partial charge in [-0.25, -0.2) is 10.5 Å². The van der Waals surface area contributed by atoms with E-state index in [2.05, 4.69) is 31.7 Å². The molecule has 164 valence electrons. The molecule has 1 aliphatic rings. The van der Waals surface area contributed by atoms with Gasteiger partial charge in [0.1, 0.15) is 23.6 Å². The van der Waals surface area contributed by atoms with Crippen LogP contribution in [0.25, 0.3) is 11.4 Å². The van der Waals surface area contributed by atoms with Gasteiger partial charge >= 0.3 is 0 Å². The summed E-state index contributed by atoms with van der Waals surface area (Å²) in [5.41, 5.74) is 10.2. The summed E-state index contributed by atoms with van der Waals surface area (Å²) in [6.45, 7) is 2.67. The van der Waals surface area contributed by atoms with Crippen LogP contribution in [0.1, 0.15) is 41.1 Å². The van der Waals surface area contributed by atoms with Gasteiger partial charge in [-0.1, -0.05) is 12.1 Å². The molecule has 2 aromatic heterocycles. The summed E-state index contributed by atoms with van der Waals surface area (Å²) < 4.78 is 11.3. The van der Waals surface area contributed by atoms with E-state index in [-0.39, 0.29) is 29.2 Å². The van der Waals surface area contributed by atoms with Gasteiger partial charge in [-0.05, 0) is 25.1 Å². The van der Waals surface area contributed by atoms with Gasteiger partial charge in [0, 0.05) is 18.2 Å². The number of benzene rings is 1. The van der Waals surface area contributed by atoms with Crippen LogP contribution in [0, 0.1) is 11.3 Å². The summed E-state index contributed by atoms with van der Waals surface area (Å²) in [6, 6.07) is 10.6. The molecule has 0 spiro atoms. The average Bonchev–Trinajstić information content (AvgIpc) is 3.51. The van der Waals surface area contributed by atoms with Gasteiger partial charge < -0.3 is 15.2 Å². The minimum atomic E-state index is -0.653. The number of nitrogens with zero attached hydrogens (tertiary/aromatic N) is 4. The summed E-state index contributed by atoms with van der Waals surface area (Å²) in [5, 5.41) is 15.8. The Bertz CT molecular complexity index is 1140. The smallest absolute Gasteiger partial charge is 0.284 e. The Kier molecular flexibility index (Phi) is 6.25. The number of nitrogens with two attached hydrogens (primary N) is 1. The number of ether oxygens (including phenoxy) is 2. The number of amides is 1. The first-order valence-electron chi connectivity index (χ1n) is 9.93. The molecule has 11 heteroatoms. The molecule has 1 saturated heterocycles. The van der Waals surface area contributed by atoms with Crippen molar-refractivity contribution in [1.82, 2.24) is 25.6 Å². The van der Waals surface area contributed by atoms with E-state index >= 15 is 0 Å². The van der Waals surface area contributed by atoms with E-state index < -0.39 is 12.0 Å². The number of hydrogen-bond donors (Lipinski definition) is 3. The van der Waals surface area contributed by atoms with Crippen molar-refractivity contribution in [2.75, 3.05) is 18.9 Å². The number of hydrogen-bond acceptors (Lipinski definition) is 9. The molecule has 1 aromatic carbocycles. The summed E-state index contributed by atoms with van der Waals surface area (Å²) >= 11 is 0. The van der Waals surface area contributed by atoms with Crippen molar-refractivity contribution in [3.63, 3.8) is 0 Å². The summed E-state index contributed by atoms with van der Waals surface area (Å²) in [5.74, 6) is -0.487. The van der Waals surface area contributed by atoms with Crippen LogP contribution in [-0.4, -0.2) is 45.4 Å². The van der Waals surface area contributed by atoms with E-state index in [0.717, 1.165) is 0 Å². The van der Waals surface area contributed by atoms with Crippen molar-refractivity contribution >= 4 is 11.7 Å². The first kappa shape index (κ1) is 21.2. The molecule has 1 aliphatic heterocycles. The standard InChI is InChI=1S/C21H21N7O4/c1-12(16-5-7-24-27-16)32-28-20(29)17-18(23)25-19(14-4-2-3-13(9-14)10-22)26-21(17)31-15-6-8-30-11-15/h2-5,7,9,12,15H,6,8,11H2,1H3,(H,24,27)(H,28,29)(H2,23,25,26)/t12-,15+/m1/s1. The number of carbonyl (C=O) groups is 1. The second-order valence-electron chi connectivity index (χ2n) is 7.11. The van der Waals surface area contributed by atoms with Gasteiger partial charge in [-0.2, -0.15) is 15.3 Å². The largest absolute Gasteiger partial charge is 0.471 e. The van der Waals surface area contributed by atoms with Crippen molar-refractivity contribution < 1.29 is 19.1 Å². The third kappa shape index (κ3) is 4.66. The van der Waals surface area contributed by atoms with Crippen LogP contribution < -0.4 is 16.0 Å². The minimum absolute atomic E-state index is 0.0145. The van der Waals surface area contributed by atoms with Crippen LogP contribution in [-0.2, 0) is 9.57 Å². The monoisotopic (exact) mass is 435 g/mol. The quantitative estimate of drug-likeness (QED) is 0.471. The number of aromatic amines is 1. The number of rotatable bonds is 7. The molecule has 0 unspecified atom stereocenters. The van der Waals surface area contributed by atoms with E-state index in [1.165, 1.54) is 0 Å². The molecule has 11 nitrogen and oxygen atoms in total. The number of nitrogens with one attached hydrogen (secondary N) is 2. The lowest BCUT2D eigenvalue weighted by Crippen LogP contribution is -2.29. The van der Waals surface area contributed by atoms with Gasteiger partial charge in [-0.15, -0.1) is 0 Å². The van der Waals surface area contributed by atoms with Gasteiger partial charge in [0.2, 0.25) is 5.88 Å². The van der Waals surface area contributed by atoms with Crippen molar-refractivity contribution in [2.45, 2.75) is 25.6 Å². The molecule has 0 saturated carbocycles. The maximum absolute atomic E-state index is 12.9. The summed E-state index contributed by atoms with van der Waals surface area (Å²) in [4.78, 5) is 27.0. The first-order valence-corrected chi connectivity index (χ1v) is 9.93. The Morgan fingerprint density at radius 1 is 1.41 bits per heavy atom. The summed E-state index contributed by atoms with van der Waals surface area (Å²) in [7, 11) is 0. The third-order valence-corrected chi connectivity index (χ3v) is 4.84. The van der Waals surface area contributed by atoms with Crippen LogP contribution in [0.3, 0.4) is 0 Å². The molecule has 1 amide bonds. The number of nitrogen functional groups attached to an aromatic ring is 1. The first-order chi connectivity index (χ1) is 15.5. The Hall–Kier alpha value is -4.01. The van der Waals surface area contributed by atoms with E-state index in [4.69, 9.17) is 20.0 Å². The van der Waals surface area contributed by atoms with Gasteiger partial charge in [-0.3, -0.25) is 14.7 Å². The molecule has 3 heterocycles. The fourth-order valence-corrected chi connectivity index (χ4v) is 3.13. The van der Waals surface area contributed by atoms with Crippen molar-refractivity contribution in [2.24, 2.45) is 0 Å². The van der Waals surface area contributed by atoms with Crippen molar-refractivity contribution in [1.29, 1.82) is 5.26 Å². The third-order valence-electron chi connectivity index (χ3n) is 4.84. The molecule has 4 rings (SSSR count). The predicted molar refractivity (Wildman–Crippen MR) is 112 cm³/mol. The molecule has 0 radical (unpaired) electrons. The molecular weight excluding hydrogens is 414 g/mol. The summed E-state index contributed by atoms with van der Waals surface area (Å²) in [6.07, 6.45) is 1.47. The zero-order valence-corrected chi connectivity index (χ0v) is 17.2. The highest BCUT2D eigenvalue weighted by Gasteiger charge is 2.26. The van der Waals surface area contributed by atoms with Gasteiger partial charge in [0.25, 0.3) is 5.91 Å². The number of nitriles is 1. The number of H-pyrrole nitrogens is 1. The maximum Gasteiger partial charge on any atom is 0.284 e. The zero-order chi connectivity index (χ0) is 22.5. The lowest BCUT2D eigenvalue weighted by atomic mass is 10.1. The molecule has 4 N–H and O–H groups in total. The van der Waals surface area contributed by atoms with Crippen LogP contribution in [0.4, 0.5) is 5.82 Å². The highest BCUT2D eigenvalue weighted by molar-refractivity contribution is 6.00. The van der Waals surface area contributed by atoms with E-state index in [0.29, 0.717) is 36.5 Å². The number of carbonyl (C=O) groups excluding carboxylic acids is 1. The molecule has 2 atom stereocenters. The van der Waals surface area contributed by atoms with Gasteiger partial charge in [0.15, 0.2) is 5.82 Å². The second kappa shape index (κ2) is 9.42. The Morgan fingerprint density at radius 2 is 2.28 bits per heavy atom. The highest BCUT2D eigenvalue weighted by Crippen LogP contribution is 2.28. The molecule has 1 fully saturated rings. The van der Waals surface area contributed by atoms with E-state index in [1.54, 1.807) is 43.5 Å². The Labute approximate surface area is 183 Å². The number of anilines is 1. The molecule has 3 aromatic rings. The predicted octanol–water partition coefficient (Wildman–Crippen LogP) is 1.91. The maximum atomic E-state index is 12.9. The van der Waals surface area contributed by atoms with E-state index in [1.807, 2.05) is 0 Å². The molecule has 32 heavy (non-hydrogen) atoms. The Balaban J connectivity index is 1.63. The molecular formula is C21H21N7O4. The second-order valence-corrected chi connectivity index (χ2v) is 7.11. The number of aromatic nitrogens is 4. The van der Waals surface area contributed by atoms with Gasteiger partial charge in [0.05, 0.1) is 30.5 Å². The normalized spacial score (nSPS) is 16.3. The van der Waals surface area contributed by atoms with Crippen LogP contribution >= 0.6 is 0 Å². The lowest BCUT2D eigenvalue weighted by molar-refractivity contribution is -0.0109. The van der Waals surface area contributed by atoms with Crippen molar-refractivity contribution in [3.8, 4) is 23.3 Å². The SMILES string of the molecule is C[C@@H](ONC(=O)c1c(N)nc(-c2cccc(C#N)c2)nc1O[C@H]1CCOC1)c1ccn[nH]1. The van der Waals surface area contributed by atoms with Crippen LogP contribution in [0.2, 0.25) is 0 Å². The highest BCUT2D eigenvalue weighted by atomic mass is 16.7. The fraction of sp³-hybridized carbons (Fsp3) is 0.286. The number of hydroxylamine groups is 1. The molecule has 0 aliphatic carbocycles. The van der Waals surface area contributed by atoms with Crippen LogP contribution in [0.5, 0.6) is 5.88 Å². The zero-order valence-electron chi connectivity index (χ0n) is 17.2. The van der Waals surface area contributed by atoms with Crippen molar-refractivity contribution in [3.05, 3.63) is 53.3 Å². The van der Waals surface area contributed by atoms with Crippen LogP contribution in [0.15, 0.2) is 36.5 Å². The average molecular weight is 435 g/mol. The fourth-order valence-electron chi connectivity index (χ4n) is 3.13. The van der Waals surface area contributed by atoms with E-state index in [9.17, 15) is 10.1 Å². The topological polar surface area (TPSA) is 161 Å². The molecule has 0 bridgehead atoms. The lowest BCUT2D eigenvalue weighted by Gasteiger charge is -2.17. The minimum Gasteiger partial charge on any atom is -0.471 e. The Morgan fingerprint density at radius 3 is 3.00 bits per heavy atom.